The van der Waals surface area contributed by atoms with Crippen LogP contribution in [0.15, 0.2) is 17.3 Å². The Labute approximate surface area is 151 Å². The summed E-state index contributed by atoms with van der Waals surface area (Å²) in [5.74, 6) is -0.445. The van der Waals surface area contributed by atoms with Crippen LogP contribution in [-0.2, 0) is 16.1 Å². The molecule has 0 spiro atoms. The van der Waals surface area contributed by atoms with Gasteiger partial charge in [0.25, 0.3) is 0 Å². The molecule has 0 radical (unpaired) electrons. The molecule has 0 aromatic heterocycles. The van der Waals surface area contributed by atoms with E-state index in [0.717, 1.165) is 0 Å². The van der Waals surface area contributed by atoms with Gasteiger partial charge in [0, 0.05) is 24.3 Å². The van der Waals surface area contributed by atoms with Crippen LogP contribution >= 0.6 is 0 Å². The summed E-state index contributed by atoms with van der Waals surface area (Å²) in [6.07, 6.45) is 1.29. The van der Waals surface area contributed by atoms with Crippen LogP contribution in [0.4, 0.5) is 4.39 Å². The Kier molecular flexibility index (Phi) is 5.04. The van der Waals surface area contributed by atoms with E-state index in [-0.39, 0.29) is 36.5 Å². The second kappa shape index (κ2) is 7.11. The molecule has 0 saturated carbocycles. The first-order chi connectivity index (χ1) is 12.4. The second-order valence-corrected chi connectivity index (χ2v) is 7.19. The molecule has 142 valence electrons. The molecule has 2 aliphatic rings. The van der Waals surface area contributed by atoms with E-state index in [1.54, 1.807) is 4.90 Å². The Bertz CT molecular complexity index is 731. The number of fused-ring (bicyclic) bond motifs is 1. The average molecular weight is 365 g/mol. The molecule has 2 aliphatic heterocycles. The fraction of sp³-hybridized carbons (Fsp3) is 0.556. The highest BCUT2D eigenvalue weighted by Crippen LogP contribution is 2.36. The van der Waals surface area contributed by atoms with Crippen LogP contribution in [0.3, 0.4) is 0 Å². The number of rotatable bonds is 2. The van der Waals surface area contributed by atoms with Crippen LogP contribution in [-0.4, -0.2) is 47.7 Å². The molecular formula is C18H24FN3O4. The van der Waals surface area contributed by atoms with Gasteiger partial charge in [-0.25, -0.2) is 4.39 Å². The third kappa shape index (κ3) is 3.33. The normalized spacial score (nSPS) is 23.0. The molecule has 1 amide bonds. The van der Waals surface area contributed by atoms with Gasteiger partial charge in [0.1, 0.15) is 18.2 Å². The van der Waals surface area contributed by atoms with Crippen molar-refractivity contribution in [2.75, 3.05) is 19.8 Å². The fourth-order valence-electron chi connectivity index (χ4n) is 3.38. The summed E-state index contributed by atoms with van der Waals surface area (Å²) in [7, 11) is 0. The largest absolute Gasteiger partial charge is 0.491 e. The van der Waals surface area contributed by atoms with E-state index in [4.69, 9.17) is 20.4 Å². The zero-order chi connectivity index (χ0) is 18.9. The lowest BCUT2D eigenvalue weighted by molar-refractivity contribution is -0.149. The van der Waals surface area contributed by atoms with Crippen molar-refractivity contribution >= 4 is 11.7 Å². The van der Waals surface area contributed by atoms with E-state index in [0.29, 0.717) is 37.4 Å². The van der Waals surface area contributed by atoms with Gasteiger partial charge in [-0.3, -0.25) is 4.79 Å². The number of hydrogen-bond acceptors (Lipinski definition) is 5. The van der Waals surface area contributed by atoms with Gasteiger partial charge in [-0.2, -0.15) is 0 Å². The number of amides is 1. The van der Waals surface area contributed by atoms with Crippen LogP contribution in [0.25, 0.3) is 0 Å². The van der Waals surface area contributed by atoms with Gasteiger partial charge < -0.3 is 25.3 Å². The molecule has 0 aliphatic carbocycles. The Morgan fingerprint density at radius 2 is 2.12 bits per heavy atom. The molecule has 3 N–H and O–H groups in total. The van der Waals surface area contributed by atoms with Crippen LogP contribution in [0.5, 0.6) is 5.75 Å². The molecule has 2 heterocycles. The van der Waals surface area contributed by atoms with E-state index in [2.05, 4.69) is 5.16 Å². The van der Waals surface area contributed by atoms with E-state index >= 15 is 0 Å². The Morgan fingerprint density at radius 1 is 1.42 bits per heavy atom. The second-order valence-electron chi connectivity index (χ2n) is 7.19. The lowest BCUT2D eigenvalue weighted by atomic mass is 9.80. The first-order valence-corrected chi connectivity index (χ1v) is 8.67. The highest BCUT2D eigenvalue weighted by atomic mass is 19.1. The molecule has 3 rings (SSSR count). The van der Waals surface area contributed by atoms with E-state index < -0.39 is 11.2 Å². The van der Waals surface area contributed by atoms with Crippen molar-refractivity contribution in [2.45, 2.75) is 39.3 Å². The van der Waals surface area contributed by atoms with Crippen LogP contribution in [0.2, 0.25) is 0 Å². The number of ether oxygens (including phenoxy) is 2. The third-order valence-electron chi connectivity index (χ3n) is 5.27. The summed E-state index contributed by atoms with van der Waals surface area (Å²) in [4.78, 5) is 14.9. The van der Waals surface area contributed by atoms with Crippen molar-refractivity contribution in [1.82, 2.24) is 4.90 Å². The maximum Gasteiger partial charge on any atom is 0.229 e. The van der Waals surface area contributed by atoms with Crippen molar-refractivity contribution in [3.63, 3.8) is 0 Å². The number of nitrogens with zero attached hydrogens (tertiary/aromatic N) is 2. The summed E-state index contributed by atoms with van der Waals surface area (Å²) in [6, 6.07) is 2.51. The number of hydrogen-bond donors (Lipinski definition) is 2. The monoisotopic (exact) mass is 365 g/mol. The molecule has 0 unspecified atom stereocenters. The zero-order valence-corrected chi connectivity index (χ0v) is 15.0. The highest BCUT2D eigenvalue weighted by molar-refractivity contribution is 5.97. The Balaban J connectivity index is 1.93. The summed E-state index contributed by atoms with van der Waals surface area (Å²) in [6.45, 7) is 5.28. The first kappa shape index (κ1) is 18.4. The maximum atomic E-state index is 14.7. The molecular weight excluding hydrogens is 341 g/mol. The Morgan fingerprint density at radius 3 is 2.77 bits per heavy atom. The molecule has 7 nitrogen and oxygen atoms in total. The number of nitrogens with two attached hydrogens (primary N) is 1. The minimum atomic E-state index is -0.548. The number of oxime groups is 1. The topological polar surface area (TPSA) is 97.4 Å². The summed E-state index contributed by atoms with van der Waals surface area (Å²) in [5.41, 5.74) is 5.57. The lowest BCUT2D eigenvalue weighted by Crippen LogP contribution is -2.49. The number of benzene rings is 1. The van der Waals surface area contributed by atoms with E-state index in [1.165, 1.54) is 12.1 Å². The van der Waals surface area contributed by atoms with Gasteiger partial charge >= 0.3 is 0 Å². The summed E-state index contributed by atoms with van der Waals surface area (Å²) < 4.78 is 25.8. The first-order valence-electron chi connectivity index (χ1n) is 8.67. The summed E-state index contributed by atoms with van der Waals surface area (Å²) >= 11 is 0. The van der Waals surface area contributed by atoms with Crippen molar-refractivity contribution in [2.24, 2.45) is 16.3 Å². The fourth-order valence-corrected chi connectivity index (χ4v) is 3.38. The van der Waals surface area contributed by atoms with Crippen molar-refractivity contribution in [3.8, 4) is 5.75 Å². The van der Waals surface area contributed by atoms with Gasteiger partial charge in [-0.05, 0) is 31.9 Å². The summed E-state index contributed by atoms with van der Waals surface area (Å²) in [5, 5.41) is 11.7. The van der Waals surface area contributed by atoms with E-state index in [9.17, 15) is 9.18 Å². The van der Waals surface area contributed by atoms with Crippen molar-refractivity contribution in [3.05, 3.63) is 29.1 Å². The number of carbonyl (C=O) groups is 1. The zero-order valence-electron chi connectivity index (χ0n) is 15.0. The molecule has 1 saturated heterocycles. The quantitative estimate of drug-likeness (QED) is 0.361. The van der Waals surface area contributed by atoms with Crippen LogP contribution in [0.1, 0.15) is 37.8 Å². The third-order valence-corrected chi connectivity index (χ3v) is 5.27. The minimum Gasteiger partial charge on any atom is -0.491 e. The van der Waals surface area contributed by atoms with Gasteiger partial charge in [-0.15, -0.1) is 0 Å². The standard InChI is InChI=1S/C18H24FN3O4/c1-11-10-26-15-8-12(16(20)21-24)7-14(19)13(15)9-22(11)17(23)18(2)3-5-25-6-4-18/h7-8,11,24H,3-6,9-10H2,1-2H3,(H2,20,21)/t11-/m0/s1. The Hall–Kier alpha value is -2.35. The SMILES string of the molecule is C[C@H]1COc2cc(C(N)=NO)cc(F)c2CN1C(=O)C1(C)CCOCC1. The lowest BCUT2D eigenvalue weighted by Gasteiger charge is -2.38. The van der Waals surface area contributed by atoms with Crippen LogP contribution in [0, 0.1) is 11.2 Å². The van der Waals surface area contributed by atoms with Gasteiger partial charge in [0.05, 0.1) is 18.0 Å². The highest BCUT2D eigenvalue weighted by Gasteiger charge is 2.41. The maximum absolute atomic E-state index is 14.7. The molecule has 26 heavy (non-hydrogen) atoms. The van der Waals surface area contributed by atoms with Crippen molar-refractivity contribution < 1.29 is 23.9 Å². The van der Waals surface area contributed by atoms with Crippen LogP contribution < -0.4 is 10.5 Å². The molecule has 1 aromatic carbocycles. The predicted octanol–water partition coefficient (Wildman–Crippen LogP) is 1.85. The van der Waals surface area contributed by atoms with Gasteiger partial charge in [0.15, 0.2) is 5.84 Å². The molecule has 1 atom stereocenters. The van der Waals surface area contributed by atoms with Crippen molar-refractivity contribution in [1.29, 1.82) is 0 Å². The molecule has 8 heteroatoms. The van der Waals surface area contributed by atoms with E-state index in [1.807, 2.05) is 13.8 Å². The minimum absolute atomic E-state index is 0.00957. The molecule has 0 bridgehead atoms. The average Bonchev–Trinajstić information content (AvgIpc) is 2.80. The smallest absolute Gasteiger partial charge is 0.229 e. The predicted molar refractivity (Wildman–Crippen MR) is 92.6 cm³/mol. The molecule has 1 fully saturated rings. The number of amidine groups is 1. The van der Waals surface area contributed by atoms with Gasteiger partial charge in [-0.1, -0.05) is 12.1 Å². The number of halogens is 1. The number of carbonyl (C=O) groups excluding carboxylic acids is 1. The molecule has 1 aromatic rings. The van der Waals surface area contributed by atoms with Gasteiger partial charge in [0.2, 0.25) is 5.91 Å².